The van der Waals surface area contributed by atoms with Gasteiger partial charge in [0.2, 0.25) is 0 Å². The Kier molecular flexibility index (Phi) is 4.78. The number of nitrogens with zero attached hydrogens (tertiary/aromatic N) is 2. The van der Waals surface area contributed by atoms with Gasteiger partial charge in [-0.2, -0.15) is 0 Å². The molecule has 0 saturated heterocycles. The number of rotatable bonds is 6. The van der Waals surface area contributed by atoms with Gasteiger partial charge in [-0.1, -0.05) is 6.07 Å². The summed E-state index contributed by atoms with van der Waals surface area (Å²) in [6, 6.07) is 12.0. The van der Waals surface area contributed by atoms with Gasteiger partial charge in [0.05, 0.1) is 12.1 Å². The maximum atomic E-state index is 10.7. The van der Waals surface area contributed by atoms with Crippen molar-refractivity contribution in [3.8, 4) is 5.75 Å². The highest BCUT2D eigenvalue weighted by molar-refractivity contribution is 5.87. The fraction of sp³-hybridized carbons (Fsp3) is 0.238. The Hall–Kier alpha value is -3.28. The maximum absolute atomic E-state index is 10.7. The Morgan fingerprint density at radius 1 is 1.30 bits per heavy atom. The zero-order valence-corrected chi connectivity index (χ0v) is 14.9. The van der Waals surface area contributed by atoms with E-state index in [-0.39, 0.29) is 0 Å². The number of hydrogen-bond acceptors (Lipinski definition) is 4. The molecule has 0 amide bonds. The predicted molar refractivity (Wildman–Crippen MR) is 105 cm³/mol. The highest BCUT2D eigenvalue weighted by atomic mass is 16.5. The second-order valence-electron chi connectivity index (χ2n) is 6.54. The summed E-state index contributed by atoms with van der Waals surface area (Å²) in [5.41, 5.74) is 3.24. The smallest absolute Gasteiger partial charge is 0.329 e. The van der Waals surface area contributed by atoms with Crippen molar-refractivity contribution in [2.75, 3.05) is 18.5 Å². The van der Waals surface area contributed by atoms with Gasteiger partial charge in [-0.15, -0.1) is 0 Å². The third kappa shape index (κ3) is 3.95. The summed E-state index contributed by atoms with van der Waals surface area (Å²) < 4.78 is 7.66. The molecular formula is C21H21N3O3. The van der Waals surface area contributed by atoms with E-state index >= 15 is 0 Å². The van der Waals surface area contributed by atoms with Crippen molar-refractivity contribution < 1.29 is 14.6 Å². The standard InChI is InChI=1S/C21H21N3O3/c25-20(26)8-12-24-11-7-16-14-18(5-6-19(16)24)27-13-9-17-4-3-15-2-1-10-22-21(15)23-17/h3-8,11-12,14H,1-2,9-10,13H2,(H,22,23)(H,25,26). The average molecular weight is 363 g/mol. The number of carbonyl (C=O) groups is 1. The second-order valence-corrected chi connectivity index (χ2v) is 6.54. The summed E-state index contributed by atoms with van der Waals surface area (Å²) in [7, 11) is 0. The molecule has 1 aliphatic heterocycles. The Morgan fingerprint density at radius 2 is 2.22 bits per heavy atom. The molecule has 0 aliphatic carbocycles. The van der Waals surface area contributed by atoms with Crippen molar-refractivity contribution in [2.24, 2.45) is 0 Å². The van der Waals surface area contributed by atoms with Crippen LogP contribution in [0.25, 0.3) is 17.1 Å². The molecule has 0 bridgehead atoms. The molecule has 0 unspecified atom stereocenters. The van der Waals surface area contributed by atoms with E-state index in [4.69, 9.17) is 9.84 Å². The number of carboxylic acid groups (broad SMARTS) is 1. The van der Waals surface area contributed by atoms with Gasteiger partial charge in [0.25, 0.3) is 0 Å². The van der Waals surface area contributed by atoms with Gasteiger partial charge in [-0.25, -0.2) is 9.78 Å². The Labute approximate surface area is 157 Å². The highest BCUT2D eigenvalue weighted by Crippen LogP contribution is 2.23. The summed E-state index contributed by atoms with van der Waals surface area (Å²) >= 11 is 0. The molecule has 3 aromatic rings. The van der Waals surface area contributed by atoms with Crippen molar-refractivity contribution in [3.63, 3.8) is 0 Å². The summed E-state index contributed by atoms with van der Waals surface area (Å²) in [6.07, 6.45) is 7.47. The number of fused-ring (bicyclic) bond motifs is 2. The zero-order chi connectivity index (χ0) is 18.6. The van der Waals surface area contributed by atoms with Crippen LogP contribution in [-0.4, -0.2) is 33.8 Å². The number of pyridine rings is 1. The number of aromatic nitrogens is 2. The van der Waals surface area contributed by atoms with E-state index in [1.54, 1.807) is 4.57 Å². The lowest BCUT2D eigenvalue weighted by Crippen LogP contribution is -2.14. The summed E-state index contributed by atoms with van der Waals surface area (Å²) in [4.78, 5) is 15.4. The molecule has 3 heterocycles. The molecule has 2 N–H and O–H groups in total. The van der Waals surface area contributed by atoms with Crippen LogP contribution in [0.2, 0.25) is 0 Å². The van der Waals surface area contributed by atoms with Crippen molar-refractivity contribution >= 4 is 28.9 Å². The molecule has 0 fully saturated rings. The summed E-state index contributed by atoms with van der Waals surface area (Å²) in [6.45, 7) is 1.54. The number of benzene rings is 1. The first kappa shape index (κ1) is 17.1. The van der Waals surface area contributed by atoms with Crippen molar-refractivity contribution in [1.82, 2.24) is 9.55 Å². The van der Waals surface area contributed by atoms with Gasteiger partial charge in [-0.3, -0.25) is 0 Å². The average Bonchev–Trinajstić information content (AvgIpc) is 3.08. The lowest BCUT2D eigenvalue weighted by atomic mass is 10.1. The number of carboxylic acids is 1. The molecule has 0 saturated carbocycles. The van der Waals surface area contributed by atoms with Crippen molar-refractivity contribution in [2.45, 2.75) is 19.3 Å². The molecule has 0 atom stereocenters. The normalized spacial score (nSPS) is 13.5. The van der Waals surface area contributed by atoms with E-state index in [1.165, 1.54) is 11.8 Å². The molecule has 4 rings (SSSR count). The van der Waals surface area contributed by atoms with Crippen LogP contribution in [0.3, 0.4) is 0 Å². The molecule has 2 aromatic heterocycles. The fourth-order valence-electron chi connectivity index (χ4n) is 3.29. The first-order valence-corrected chi connectivity index (χ1v) is 9.06. The number of nitrogens with one attached hydrogen (secondary N) is 1. The largest absolute Gasteiger partial charge is 0.493 e. The molecular weight excluding hydrogens is 342 g/mol. The van der Waals surface area contributed by atoms with Gasteiger partial charge in [-0.05, 0) is 48.7 Å². The third-order valence-corrected chi connectivity index (χ3v) is 4.65. The van der Waals surface area contributed by atoms with Crippen molar-refractivity contribution in [3.05, 3.63) is 59.9 Å². The van der Waals surface area contributed by atoms with Crippen LogP contribution in [0.1, 0.15) is 17.7 Å². The molecule has 0 spiro atoms. The van der Waals surface area contributed by atoms with Crippen LogP contribution in [0.4, 0.5) is 5.82 Å². The third-order valence-electron chi connectivity index (χ3n) is 4.65. The minimum absolute atomic E-state index is 0.552. The molecule has 27 heavy (non-hydrogen) atoms. The lowest BCUT2D eigenvalue weighted by molar-refractivity contribution is -0.131. The molecule has 1 aromatic carbocycles. The first-order valence-electron chi connectivity index (χ1n) is 9.06. The molecule has 0 radical (unpaired) electrons. The topological polar surface area (TPSA) is 76.4 Å². The Balaban J connectivity index is 1.40. The first-order chi connectivity index (χ1) is 13.2. The number of aliphatic carboxylic acids is 1. The lowest BCUT2D eigenvalue weighted by Gasteiger charge is -2.17. The van der Waals surface area contributed by atoms with Gasteiger partial charge in [0.1, 0.15) is 11.6 Å². The molecule has 6 heteroatoms. The monoisotopic (exact) mass is 363 g/mol. The van der Waals surface area contributed by atoms with E-state index in [9.17, 15) is 4.79 Å². The highest BCUT2D eigenvalue weighted by Gasteiger charge is 2.10. The predicted octanol–water partition coefficient (Wildman–Crippen LogP) is 3.57. The maximum Gasteiger partial charge on any atom is 0.329 e. The summed E-state index contributed by atoms with van der Waals surface area (Å²) in [5, 5.41) is 13.1. The minimum atomic E-state index is -0.970. The fourth-order valence-corrected chi connectivity index (χ4v) is 3.29. The van der Waals surface area contributed by atoms with E-state index < -0.39 is 5.97 Å². The number of hydrogen-bond donors (Lipinski definition) is 2. The second kappa shape index (κ2) is 7.53. The van der Waals surface area contributed by atoms with Crippen molar-refractivity contribution in [1.29, 1.82) is 0 Å². The van der Waals surface area contributed by atoms with Gasteiger partial charge in [0, 0.05) is 42.5 Å². The van der Waals surface area contributed by atoms with E-state index in [1.807, 2.05) is 30.5 Å². The number of anilines is 1. The Bertz CT molecular complexity index is 1010. The van der Waals surface area contributed by atoms with Crippen LogP contribution >= 0.6 is 0 Å². The zero-order valence-electron chi connectivity index (χ0n) is 14.9. The van der Waals surface area contributed by atoms with E-state index in [0.29, 0.717) is 6.61 Å². The van der Waals surface area contributed by atoms with Gasteiger partial charge < -0.3 is 19.7 Å². The molecule has 138 valence electrons. The minimum Gasteiger partial charge on any atom is -0.493 e. The quantitative estimate of drug-likeness (QED) is 0.655. The van der Waals surface area contributed by atoms with Gasteiger partial charge >= 0.3 is 5.97 Å². The number of ether oxygens (including phenoxy) is 1. The van der Waals surface area contributed by atoms with Crippen LogP contribution < -0.4 is 10.1 Å². The molecule has 1 aliphatic rings. The molecule has 6 nitrogen and oxygen atoms in total. The van der Waals surface area contributed by atoms with Crippen LogP contribution in [-0.2, 0) is 17.6 Å². The summed E-state index contributed by atoms with van der Waals surface area (Å²) in [5.74, 6) is 0.831. The SMILES string of the molecule is O=C(O)C=Cn1ccc2cc(OCCc3ccc4c(n3)NCCC4)ccc21. The van der Waals surface area contributed by atoms with E-state index in [2.05, 4.69) is 22.4 Å². The van der Waals surface area contributed by atoms with Crippen LogP contribution in [0.15, 0.2) is 48.7 Å². The Morgan fingerprint density at radius 3 is 3.11 bits per heavy atom. The van der Waals surface area contributed by atoms with Gasteiger partial charge in [0.15, 0.2) is 0 Å². The van der Waals surface area contributed by atoms with Crippen LogP contribution in [0, 0.1) is 0 Å². The number of aryl methyl sites for hydroxylation is 1. The van der Waals surface area contributed by atoms with Crippen LogP contribution in [0.5, 0.6) is 5.75 Å². The van der Waals surface area contributed by atoms with E-state index in [0.717, 1.165) is 60.0 Å².